The first kappa shape index (κ1) is 17.5. The number of aliphatic hydroxyl groups is 1. The molecule has 8 heteroatoms. The van der Waals surface area contributed by atoms with Crippen LogP contribution in [0.3, 0.4) is 0 Å². The predicted octanol–water partition coefficient (Wildman–Crippen LogP) is 2.41. The fraction of sp³-hybridized carbons (Fsp3) is 0.500. The molecular weight excluding hydrogens is 323 g/mol. The number of benzene rings is 1. The Morgan fingerprint density at radius 3 is 2.20 bits per heavy atom. The highest BCUT2D eigenvalue weighted by Gasteiger charge is 2.21. The number of nitrogens with one attached hydrogen (secondary N) is 1. The van der Waals surface area contributed by atoms with Crippen LogP contribution in [0.5, 0.6) is 0 Å². The van der Waals surface area contributed by atoms with Crippen molar-refractivity contribution in [3.63, 3.8) is 0 Å². The summed E-state index contributed by atoms with van der Waals surface area (Å²) in [6.07, 6.45) is 3.11. The van der Waals surface area contributed by atoms with Gasteiger partial charge in [0.05, 0.1) is 10.0 Å². The maximum absolute atomic E-state index is 12.1. The molecule has 0 fully saturated rings. The highest BCUT2D eigenvalue weighted by molar-refractivity contribution is 7.89. The van der Waals surface area contributed by atoms with Crippen LogP contribution in [0.15, 0.2) is 17.0 Å². The van der Waals surface area contributed by atoms with Gasteiger partial charge in [-0.05, 0) is 25.0 Å². The molecule has 0 saturated carbocycles. The minimum atomic E-state index is -3.75. The lowest BCUT2D eigenvalue weighted by atomic mass is 10.2. The highest BCUT2D eigenvalue weighted by Crippen LogP contribution is 2.31. The molecule has 114 valence electrons. The standard InChI is InChI=1S/C12H18Cl2N2O3S/c13-10-7-9(15)8-11(14)12(10)20(18,19)16-5-3-1-2-4-6-17/h7-8,16-17H,1-6,15H2. The van der Waals surface area contributed by atoms with Gasteiger partial charge in [-0.3, -0.25) is 0 Å². The van der Waals surface area contributed by atoms with Crippen LogP contribution in [-0.2, 0) is 10.0 Å². The third-order valence-corrected chi connectivity index (χ3v) is 5.05. The molecule has 0 aromatic heterocycles. The zero-order chi connectivity index (χ0) is 15.2. The Hall–Kier alpha value is -0.530. The van der Waals surface area contributed by atoms with E-state index in [0.717, 1.165) is 19.3 Å². The molecule has 1 aromatic carbocycles. The number of rotatable bonds is 8. The van der Waals surface area contributed by atoms with Crippen LogP contribution in [0.2, 0.25) is 10.0 Å². The van der Waals surface area contributed by atoms with Gasteiger partial charge in [-0.1, -0.05) is 36.0 Å². The summed E-state index contributed by atoms with van der Waals surface area (Å²) in [4.78, 5) is -0.148. The quantitative estimate of drug-likeness (QED) is 0.500. The summed E-state index contributed by atoms with van der Waals surface area (Å²) in [5, 5.41) is 8.64. The smallest absolute Gasteiger partial charge is 0.243 e. The number of sulfonamides is 1. The predicted molar refractivity (Wildman–Crippen MR) is 81.6 cm³/mol. The highest BCUT2D eigenvalue weighted by atomic mass is 35.5. The van der Waals surface area contributed by atoms with Crippen LogP contribution < -0.4 is 10.5 Å². The van der Waals surface area contributed by atoms with Crippen molar-refractivity contribution < 1.29 is 13.5 Å². The number of aliphatic hydroxyl groups excluding tert-OH is 1. The molecule has 1 rings (SSSR count). The van der Waals surface area contributed by atoms with Crippen LogP contribution in [0, 0.1) is 0 Å². The van der Waals surface area contributed by atoms with E-state index in [-0.39, 0.29) is 21.5 Å². The van der Waals surface area contributed by atoms with Gasteiger partial charge >= 0.3 is 0 Å². The molecule has 0 aliphatic rings. The Morgan fingerprint density at radius 1 is 1.10 bits per heavy atom. The van der Waals surface area contributed by atoms with Crippen molar-refractivity contribution in [1.29, 1.82) is 0 Å². The fourth-order valence-corrected chi connectivity index (χ4v) is 4.01. The van der Waals surface area contributed by atoms with Crippen LogP contribution in [-0.4, -0.2) is 26.7 Å². The topological polar surface area (TPSA) is 92.4 Å². The molecule has 1 aromatic rings. The van der Waals surface area contributed by atoms with Crippen molar-refractivity contribution in [2.75, 3.05) is 18.9 Å². The Bertz CT molecular complexity index is 527. The monoisotopic (exact) mass is 340 g/mol. The molecule has 0 heterocycles. The second kappa shape index (κ2) is 8.05. The third-order valence-electron chi connectivity index (χ3n) is 2.67. The first-order valence-corrected chi connectivity index (χ1v) is 8.47. The molecule has 0 atom stereocenters. The lowest BCUT2D eigenvalue weighted by Crippen LogP contribution is -2.25. The normalized spacial score (nSPS) is 11.8. The number of halogens is 2. The number of nitrogen functional groups attached to an aromatic ring is 1. The van der Waals surface area contributed by atoms with Crippen LogP contribution >= 0.6 is 23.2 Å². The zero-order valence-corrected chi connectivity index (χ0v) is 13.2. The molecule has 0 spiro atoms. The van der Waals surface area contributed by atoms with Gasteiger partial charge in [-0.25, -0.2) is 13.1 Å². The minimum Gasteiger partial charge on any atom is -0.399 e. The summed E-state index contributed by atoms with van der Waals surface area (Å²) < 4.78 is 26.7. The van der Waals surface area contributed by atoms with Crippen molar-refractivity contribution in [3.8, 4) is 0 Å². The molecule has 0 aliphatic heterocycles. The number of hydrogen-bond donors (Lipinski definition) is 3. The molecule has 5 nitrogen and oxygen atoms in total. The lowest BCUT2D eigenvalue weighted by molar-refractivity contribution is 0.282. The van der Waals surface area contributed by atoms with Crippen molar-refractivity contribution in [2.24, 2.45) is 0 Å². The van der Waals surface area contributed by atoms with Crippen molar-refractivity contribution in [2.45, 2.75) is 30.6 Å². The first-order valence-electron chi connectivity index (χ1n) is 6.23. The number of nitrogens with two attached hydrogens (primary N) is 1. The van der Waals surface area contributed by atoms with E-state index in [1.807, 2.05) is 0 Å². The lowest BCUT2D eigenvalue weighted by Gasteiger charge is -2.10. The van der Waals surface area contributed by atoms with E-state index in [0.29, 0.717) is 18.7 Å². The zero-order valence-electron chi connectivity index (χ0n) is 10.9. The second-order valence-corrected chi connectivity index (χ2v) is 6.87. The van der Waals surface area contributed by atoms with E-state index in [9.17, 15) is 8.42 Å². The number of anilines is 1. The van der Waals surface area contributed by atoms with Gasteiger partial charge in [0.1, 0.15) is 4.90 Å². The van der Waals surface area contributed by atoms with E-state index < -0.39 is 10.0 Å². The summed E-state index contributed by atoms with van der Waals surface area (Å²) >= 11 is 11.8. The number of hydrogen-bond acceptors (Lipinski definition) is 4. The van der Waals surface area contributed by atoms with Gasteiger partial charge in [-0.2, -0.15) is 0 Å². The maximum atomic E-state index is 12.1. The summed E-state index contributed by atoms with van der Waals surface area (Å²) in [6, 6.07) is 2.70. The van der Waals surface area contributed by atoms with E-state index in [1.54, 1.807) is 0 Å². The molecule has 4 N–H and O–H groups in total. The summed E-state index contributed by atoms with van der Waals surface area (Å²) in [5.41, 5.74) is 5.84. The molecule has 0 saturated heterocycles. The van der Waals surface area contributed by atoms with Gasteiger partial charge in [0.2, 0.25) is 10.0 Å². The largest absolute Gasteiger partial charge is 0.399 e. The van der Waals surface area contributed by atoms with E-state index >= 15 is 0 Å². The Morgan fingerprint density at radius 2 is 1.65 bits per heavy atom. The summed E-state index contributed by atoms with van der Waals surface area (Å²) in [6.45, 7) is 0.452. The average Bonchev–Trinajstić information content (AvgIpc) is 2.31. The average molecular weight is 341 g/mol. The molecule has 0 amide bonds. The van der Waals surface area contributed by atoms with Gasteiger partial charge < -0.3 is 10.8 Å². The Balaban J connectivity index is 2.66. The Labute approximate surface area is 129 Å². The fourth-order valence-electron chi connectivity index (χ4n) is 1.71. The van der Waals surface area contributed by atoms with E-state index in [4.69, 9.17) is 34.0 Å². The molecule has 20 heavy (non-hydrogen) atoms. The molecule has 0 bridgehead atoms. The van der Waals surface area contributed by atoms with Crippen LogP contribution in [0.1, 0.15) is 25.7 Å². The van der Waals surface area contributed by atoms with Crippen molar-refractivity contribution in [1.82, 2.24) is 4.72 Å². The number of unbranched alkanes of at least 4 members (excludes halogenated alkanes) is 3. The van der Waals surface area contributed by atoms with Gasteiger partial charge in [-0.15, -0.1) is 0 Å². The van der Waals surface area contributed by atoms with Crippen LogP contribution in [0.4, 0.5) is 5.69 Å². The van der Waals surface area contributed by atoms with E-state index in [2.05, 4.69) is 4.72 Å². The van der Waals surface area contributed by atoms with Crippen molar-refractivity contribution >= 4 is 38.9 Å². The molecular formula is C12H18Cl2N2O3S. The van der Waals surface area contributed by atoms with Crippen LogP contribution in [0.25, 0.3) is 0 Å². The van der Waals surface area contributed by atoms with Gasteiger partial charge in [0, 0.05) is 18.8 Å². The first-order chi connectivity index (χ1) is 9.38. The summed E-state index contributed by atoms with van der Waals surface area (Å²) in [7, 11) is -3.75. The molecule has 0 unspecified atom stereocenters. The minimum absolute atomic E-state index is 0.00257. The molecule has 0 aliphatic carbocycles. The Kier molecular flexibility index (Phi) is 7.05. The van der Waals surface area contributed by atoms with E-state index in [1.165, 1.54) is 12.1 Å². The second-order valence-electron chi connectivity index (χ2n) is 4.35. The third kappa shape index (κ3) is 5.10. The van der Waals surface area contributed by atoms with Crippen molar-refractivity contribution in [3.05, 3.63) is 22.2 Å². The molecule has 0 radical (unpaired) electrons. The maximum Gasteiger partial charge on any atom is 0.243 e. The van der Waals surface area contributed by atoms with Gasteiger partial charge in [0.15, 0.2) is 0 Å². The van der Waals surface area contributed by atoms with Gasteiger partial charge in [0.25, 0.3) is 0 Å². The summed E-state index contributed by atoms with van der Waals surface area (Å²) in [5.74, 6) is 0. The SMILES string of the molecule is Nc1cc(Cl)c(S(=O)(=O)NCCCCCCO)c(Cl)c1.